The van der Waals surface area contributed by atoms with Gasteiger partial charge in [-0.1, -0.05) is 0 Å². The highest BCUT2D eigenvalue weighted by Gasteiger charge is 2.10. The summed E-state index contributed by atoms with van der Waals surface area (Å²) in [6.45, 7) is 0. The molecule has 6 N–H and O–H groups in total. The van der Waals surface area contributed by atoms with E-state index in [4.69, 9.17) is 11.5 Å². The van der Waals surface area contributed by atoms with Crippen LogP contribution in [0, 0.1) is 0 Å². The molecule has 0 aliphatic heterocycles. The summed E-state index contributed by atoms with van der Waals surface area (Å²) in [7, 11) is 0. The molecule has 8 nitrogen and oxygen atoms in total. The predicted molar refractivity (Wildman–Crippen MR) is 69.6 cm³/mol. The third-order valence-corrected chi connectivity index (χ3v) is 3.25. The zero-order chi connectivity index (χ0) is 13.1. The molecule has 94 valence electrons. The summed E-state index contributed by atoms with van der Waals surface area (Å²) in [6, 6.07) is -1.35. The van der Waals surface area contributed by atoms with Crippen molar-refractivity contribution in [3.8, 4) is 11.4 Å². The van der Waals surface area contributed by atoms with Gasteiger partial charge in [0.2, 0.25) is 0 Å². The summed E-state index contributed by atoms with van der Waals surface area (Å²) in [5.41, 5.74) is 11.1. The normalized spacial score (nSPS) is 10.0. The number of nitrogens with zero attached hydrogens (tertiary/aromatic N) is 2. The number of nitrogens with two attached hydrogens (primary N) is 2. The van der Waals surface area contributed by atoms with Gasteiger partial charge in [0.25, 0.3) is 0 Å². The first-order chi connectivity index (χ1) is 8.54. The molecule has 2 aromatic rings. The summed E-state index contributed by atoms with van der Waals surface area (Å²) >= 11 is 2.45. The van der Waals surface area contributed by atoms with Gasteiger partial charge in [0.1, 0.15) is 11.4 Å². The Morgan fingerprint density at radius 2 is 1.33 bits per heavy atom. The molecular formula is C8H8N6O2S2. The van der Waals surface area contributed by atoms with Crippen LogP contribution in [-0.4, -0.2) is 22.0 Å². The van der Waals surface area contributed by atoms with Crippen molar-refractivity contribution in [1.82, 2.24) is 9.97 Å². The van der Waals surface area contributed by atoms with Crippen molar-refractivity contribution in [3.05, 3.63) is 10.8 Å². The number of hydrogen-bond acceptors (Lipinski definition) is 6. The van der Waals surface area contributed by atoms with Gasteiger partial charge in [0, 0.05) is 10.8 Å². The Labute approximate surface area is 109 Å². The molecule has 4 amide bonds. The average Bonchev–Trinajstić information content (AvgIpc) is 2.85. The van der Waals surface area contributed by atoms with Gasteiger partial charge in [-0.15, -0.1) is 22.7 Å². The Kier molecular flexibility index (Phi) is 3.39. The topological polar surface area (TPSA) is 136 Å². The fourth-order valence-electron chi connectivity index (χ4n) is 1.11. The van der Waals surface area contributed by atoms with Crippen LogP contribution in [0.1, 0.15) is 0 Å². The Morgan fingerprint density at radius 1 is 0.944 bits per heavy atom. The van der Waals surface area contributed by atoms with Gasteiger partial charge < -0.3 is 11.5 Å². The highest BCUT2D eigenvalue weighted by atomic mass is 32.1. The Balaban J connectivity index is 2.15. The molecule has 10 heteroatoms. The second kappa shape index (κ2) is 4.98. The molecule has 0 saturated heterocycles. The minimum absolute atomic E-state index is 0.384. The predicted octanol–water partition coefficient (Wildman–Crippen LogP) is 1.25. The van der Waals surface area contributed by atoms with Gasteiger partial charge in [-0.3, -0.25) is 10.6 Å². The molecule has 0 spiro atoms. The number of hydrogen-bond donors (Lipinski definition) is 4. The molecule has 0 atom stereocenters. The van der Waals surface area contributed by atoms with Crippen molar-refractivity contribution in [2.24, 2.45) is 11.5 Å². The Hall–Kier alpha value is -2.20. The summed E-state index contributed by atoms with van der Waals surface area (Å²) < 4.78 is 0. The summed E-state index contributed by atoms with van der Waals surface area (Å²) in [4.78, 5) is 29.5. The van der Waals surface area contributed by atoms with E-state index < -0.39 is 12.1 Å². The number of nitrogens with one attached hydrogen (secondary N) is 2. The maximum atomic E-state index is 10.6. The van der Waals surface area contributed by atoms with Crippen LogP contribution in [0.5, 0.6) is 0 Å². The maximum absolute atomic E-state index is 10.6. The minimum Gasteiger partial charge on any atom is -0.351 e. The monoisotopic (exact) mass is 284 g/mol. The number of amides is 4. The van der Waals surface area contributed by atoms with E-state index in [1.54, 1.807) is 10.8 Å². The first-order valence-corrected chi connectivity index (χ1v) is 6.35. The molecule has 2 heterocycles. The fraction of sp³-hybridized carbons (Fsp3) is 0. The molecule has 2 rings (SSSR count). The molecule has 0 aliphatic rings. The van der Waals surface area contributed by atoms with E-state index in [1.807, 2.05) is 0 Å². The lowest BCUT2D eigenvalue weighted by molar-refractivity contribution is 0.258. The van der Waals surface area contributed by atoms with Crippen molar-refractivity contribution >= 4 is 45.0 Å². The molecule has 0 saturated carbocycles. The van der Waals surface area contributed by atoms with Crippen LogP contribution in [0.4, 0.5) is 19.9 Å². The zero-order valence-electron chi connectivity index (χ0n) is 8.84. The number of carbonyl (C=O) groups excluding carboxylic acids is 2. The van der Waals surface area contributed by atoms with Crippen molar-refractivity contribution in [2.75, 3.05) is 10.6 Å². The van der Waals surface area contributed by atoms with Gasteiger partial charge in [-0.2, -0.15) is 0 Å². The zero-order valence-corrected chi connectivity index (χ0v) is 10.5. The van der Waals surface area contributed by atoms with Crippen molar-refractivity contribution in [2.45, 2.75) is 0 Å². The number of aromatic nitrogens is 2. The second-order valence-electron chi connectivity index (χ2n) is 3.05. The SMILES string of the molecule is NC(=O)Nc1nc(-c2csc(NC(N)=O)n2)cs1. The number of urea groups is 2. The van der Waals surface area contributed by atoms with Crippen LogP contribution in [0.15, 0.2) is 10.8 Å². The lowest BCUT2D eigenvalue weighted by atomic mass is 10.4. The smallest absolute Gasteiger partial charge is 0.318 e. The largest absolute Gasteiger partial charge is 0.351 e. The van der Waals surface area contributed by atoms with E-state index in [1.165, 1.54) is 22.7 Å². The molecule has 0 bridgehead atoms. The second-order valence-corrected chi connectivity index (χ2v) is 4.77. The summed E-state index contributed by atoms with van der Waals surface area (Å²) in [6.07, 6.45) is 0. The molecule has 18 heavy (non-hydrogen) atoms. The lowest BCUT2D eigenvalue weighted by Gasteiger charge is -1.93. The van der Waals surface area contributed by atoms with Crippen LogP contribution < -0.4 is 22.1 Å². The molecule has 0 aliphatic carbocycles. The van der Waals surface area contributed by atoms with Crippen molar-refractivity contribution in [1.29, 1.82) is 0 Å². The number of primary amides is 2. The molecule has 0 fully saturated rings. The van der Waals surface area contributed by atoms with Gasteiger partial charge in [0.15, 0.2) is 10.3 Å². The van der Waals surface area contributed by atoms with E-state index in [2.05, 4.69) is 20.6 Å². The van der Waals surface area contributed by atoms with Crippen LogP contribution in [0.3, 0.4) is 0 Å². The third-order valence-electron chi connectivity index (χ3n) is 1.73. The van der Waals surface area contributed by atoms with E-state index in [0.717, 1.165) is 0 Å². The van der Waals surface area contributed by atoms with Crippen LogP contribution in [0.2, 0.25) is 0 Å². The first-order valence-electron chi connectivity index (χ1n) is 4.59. The van der Waals surface area contributed by atoms with E-state index in [-0.39, 0.29) is 0 Å². The quantitative estimate of drug-likeness (QED) is 0.674. The summed E-state index contributed by atoms with van der Waals surface area (Å²) in [5, 5.41) is 8.93. The molecule has 0 aromatic carbocycles. The molecule has 2 aromatic heterocycles. The van der Waals surface area contributed by atoms with Crippen LogP contribution in [0.25, 0.3) is 11.4 Å². The number of carbonyl (C=O) groups is 2. The van der Waals surface area contributed by atoms with Gasteiger partial charge in [0.05, 0.1) is 0 Å². The standard InChI is InChI=1S/C8H8N6O2S2/c9-5(15)13-7-11-3(1-17-7)4-2-18-8(12-4)14-6(10)16/h1-2H,(H3,9,11,13,15)(H3,10,12,14,16). The molecule has 0 unspecified atom stereocenters. The number of anilines is 2. The third kappa shape index (κ3) is 2.93. The van der Waals surface area contributed by atoms with Crippen LogP contribution in [-0.2, 0) is 0 Å². The molecule has 0 radical (unpaired) electrons. The maximum Gasteiger partial charge on any atom is 0.318 e. The van der Waals surface area contributed by atoms with Gasteiger partial charge in [-0.05, 0) is 0 Å². The van der Waals surface area contributed by atoms with Gasteiger partial charge >= 0.3 is 12.1 Å². The highest BCUT2D eigenvalue weighted by Crippen LogP contribution is 2.27. The number of thiazole rings is 2. The van der Waals surface area contributed by atoms with Crippen molar-refractivity contribution in [3.63, 3.8) is 0 Å². The van der Waals surface area contributed by atoms with Crippen molar-refractivity contribution < 1.29 is 9.59 Å². The minimum atomic E-state index is -0.676. The van der Waals surface area contributed by atoms with E-state index >= 15 is 0 Å². The Bertz CT molecular complexity index is 540. The molecular weight excluding hydrogens is 276 g/mol. The average molecular weight is 284 g/mol. The van der Waals surface area contributed by atoms with Gasteiger partial charge in [-0.25, -0.2) is 19.6 Å². The lowest BCUT2D eigenvalue weighted by Crippen LogP contribution is -2.19. The Morgan fingerprint density at radius 3 is 1.67 bits per heavy atom. The van der Waals surface area contributed by atoms with E-state index in [0.29, 0.717) is 21.7 Å². The van der Waals surface area contributed by atoms with Crippen LogP contribution >= 0.6 is 22.7 Å². The fourth-order valence-corrected chi connectivity index (χ4v) is 2.52. The number of rotatable bonds is 3. The summed E-state index contributed by atoms with van der Waals surface area (Å²) in [5.74, 6) is 0. The van der Waals surface area contributed by atoms with E-state index in [9.17, 15) is 9.59 Å². The first kappa shape index (κ1) is 12.3. The highest BCUT2D eigenvalue weighted by molar-refractivity contribution is 7.15.